The molecule has 2 aromatic rings. The molecule has 1 aromatic heterocycles. The molecule has 18 heavy (non-hydrogen) atoms. The fraction of sp³-hybridized carbons (Fsp3) is 0.333. The van der Waals surface area contributed by atoms with E-state index in [1.807, 2.05) is 6.92 Å². The summed E-state index contributed by atoms with van der Waals surface area (Å²) in [6.07, 6.45) is 0. The van der Waals surface area contributed by atoms with Gasteiger partial charge >= 0.3 is 0 Å². The molecule has 0 aliphatic heterocycles. The van der Waals surface area contributed by atoms with E-state index in [0.29, 0.717) is 5.92 Å². The third kappa shape index (κ3) is 2.36. The predicted octanol–water partition coefficient (Wildman–Crippen LogP) is 4.55. The summed E-state index contributed by atoms with van der Waals surface area (Å²) in [7, 11) is 0. The van der Waals surface area contributed by atoms with Crippen LogP contribution in [-0.4, -0.2) is 10.2 Å². The number of nitrogens with zero attached hydrogens (tertiary/aromatic N) is 1. The third-order valence-corrected chi connectivity index (χ3v) is 3.78. The number of aromatic nitrogens is 2. The Balaban J connectivity index is 2.49. The van der Waals surface area contributed by atoms with Crippen molar-refractivity contribution in [2.24, 2.45) is 0 Å². The Morgan fingerprint density at radius 3 is 2.22 bits per heavy atom. The van der Waals surface area contributed by atoms with Crippen LogP contribution in [0.15, 0.2) is 24.3 Å². The molecular weight excluding hydrogens is 240 g/mol. The van der Waals surface area contributed by atoms with E-state index in [2.05, 4.69) is 55.2 Å². The van der Waals surface area contributed by atoms with E-state index >= 15 is 0 Å². The van der Waals surface area contributed by atoms with Crippen molar-refractivity contribution >= 4 is 12.2 Å². The fourth-order valence-electron chi connectivity index (χ4n) is 1.93. The van der Waals surface area contributed by atoms with Gasteiger partial charge in [-0.25, -0.2) is 0 Å². The highest BCUT2D eigenvalue weighted by atomic mass is 32.1. The van der Waals surface area contributed by atoms with Gasteiger partial charge in [-0.1, -0.05) is 50.3 Å². The van der Waals surface area contributed by atoms with Gasteiger partial charge in [0.15, 0.2) is 0 Å². The first-order valence-corrected chi connectivity index (χ1v) is 6.57. The SMILES string of the molecule is Cc1c(-c2ccc(C(C)C)cc2)n[nH]c(=S)c1C. The minimum absolute atomic E-state index is 0.552. The molecule has 2 nitrogen and oxygen atoms in total. The zero-order chi connectivity index (χ0) is 13.3. The molecule has 1 aromatic carbocycles. The molecule has 2 rings (SSSR count). The van der Waals surface area contributed by atoms with Crippen LogP contribution in [0.3, 0.4) is 0 Å². The number of H-pyrrole nitrogens is 1. The lowest BCUT2D eigenvalue weighted by Crippen LogP contribution is -1.96. The van der Waals surface area contributed by atoms with E-state index in [4.69, 9.17) is 12.2 Å². The maximum absolute atomic E-state index is 5.19. The van der Waals surface area contributed by atoms with Gasteiger partial charge in [-0.2, -0.15) is 5.10 Å². The lowest BCUT2D eigenvalue weighted by atomic mass is 9.99. The molecule has 0 saturated carbocycles. The van der Waals surface area contributed by atoms with Gasteiger partial charge in [-0.05, 0) is 36.5 Å². The Hall–Kier alpha value is -1.48. The van der Waals surface area contributed by atoms with Gasteiger partial charge in [0, 0.05) is 5.56 Å². The summed E-state index contributed by atoms with van der Waals surface area (Å²) in [6.45, 7) is 8.49. The Kier molecular flexibility index (Phi) is 3.62. The largest absolute Gasteiger partial charge is 0.267 e. The maximum Gasteiger partial charge on any atom is 0.122 e. The van der Waals surface area contributed by atoms with Gasteiger partial charge in [0.1, 0.15) is 4.64 Å². The van der Waals surface area contributed by atoms with Crippen molar-refractivity contribution in [3.63, 3.8) is 0 Å². The van der Waals surface area contributed by atoms with Crippen molar-refractivity contribution in [3.8, 4) is 11.3 Å². The van der Waals surface area contributed by atoms with Gasteiger partial charge in [-0.3, -0.25) is 5.10 Å². The summed E-state index contributed by atoms with van der Waals surface area (Å²) in [6, 6.07) is 8.58. The van der Waals surface area contributed by atoms with Gasteiger partial charge in [0.05, 0.1) is 5.69 Å². The number of hydrogen-bond acceptors (Lipinski definition) is 2. The van der Waals surface area contributed by atoms with Crippen molar-refractivity contribution in [1.82, 2.24) is 10.2 Å². The molecule has 1 heterocycles. The first-order valence-electron chi connectivity index (χ1n) is 6.17. The van der Waals surface area contributed by atoms with Crippen LogP contribution in [0, 0.1) is 18.5 Å². The third-order valence-electron chi connectivity index (χ3n) is 3.38. The molecule has 0 radical (unpaired) electrons. The van der Waals surface area contributed by atoms with Crippen LogP contribution in [0.5, 0.6) is 0 Å². The molecule has 0 spiro atoms. The van der Waals surface area contributed by atoms with Crippen molar-refractivity contribution in [2.45, 2.75) is 33.6 Å². The summed E-state index contributed by atoms with van der Waals surface area (Å²) in [5.74, 6) is 0.552. The zero-order valence-corrected chi connectivity index (χ0v) is 12.1. The normalized spacial score (nSPS) is 10.9. The topological polar surface area (TPSA) is 28.7 Å². The molecule has 0 aliphatic carbocycles. The monoisotopic (exact) mass is 258 g/mol. The highest BCUT2D eigenvalue weighted by Gasteiger charge is 2.08. The quantitative estimate of drug-likeness (QED) is 0.801. The second-order valence-electron chi connectivity index (χ2n) is 4.93. The fourth-order valence-corrected chi connectivity index (χ4v) is 2.13. The number of benzene rings is 1. The molecular formula is C15H18N2S. The molecule has 0 fully saturated rings. The van der Waals surface area contributed by atoms with E-state index in [1.54, 1.807) is 0 Å². The van der Waals surface area contributed by atoms with Gasteiger partial charge in [0.25, 0.3) is 0 Å². The average Bonchev–Trinajstić information content (AvgIpc) is 2.36. The Morgan fingerprint density at radius 2 is 1.67 bits per heavy atom. The summed E-state index contributed by atoms with van der Waals surface area (Å²) >= 11 is 5.19. The molecule has 0 atom stereocenters. The molecule has 0 bridgehead atoms. The molecule has 1 N–H and O–H groups in total. The molecule has 0 aliphatic rings. The van der Waals surface area contributed by atoms with Crippen LogP contribution >= 0.6 is 12.2 Å². The van der Waals surface area contributed by atoms with Crippen LogP contribution in [0.2, 0.25) is 0 Å². The maximum atomic E-state index is 5.19. The second-order valence-corrected chi connectivity index (χ2v) is 5.34. The van der Waals surface area contributed by atoms with E-state index in [1.165, 1.54) is 5.56 Å². The van der Waals surface area contributed by atoms with E-state index < -0.39 is 0 Å². The minimum Gasteiger partial charge on any atom is -0.267 e. The van der Waals surface area contributed by atoms with Crippen LogP contribution in [0.25, 0.3) is 11.3 Å². The number of aromatic amines is 1. The lowest BCUT2D eigenvalue weighted by molar-refractivity contribution is 0.866. The van der Waals surface area contributed by atoms with Crippen molar-refractivity contribution in [3.05, 3.63) is 45.6 Å². The van der Waals surface area contributed by atoms with Gasteiger partial charge < -0.3 is 0 Å². The van der Waals surface area contributed by atoms with E-state index in [9.17, 15) is 0 Å². The van der Waals surface area contributed by atoms with Crippen molar-refractivity contribution < 1.29 is 0 Å². The number of rotatable bonds is 2. The highest BCUT2D eigenvalue weighted by molar-refractivity contribution is 7.71. The van der Waals surface area contributed by atoms with Gasteiger partial charge in [0.2, 0.25) is 0 Å². The molecule has 0 unspecified atom stereocenters. The van der Waals surface area contributed by atoms with Crippen LogP contribution < -0.4 is 0 Å². The number of hydrogen-bond donors (Lipinski definition) is 1. The molecule has 94 valence electrons. The van der Waals surface area contributed by atoms with Crippen molar-refractivity contribution in [2.75, 3.05) is 0 Å². The Bertz CT molecular complexity index is 609. The number of nitrogens with one attached hydrogen (secondary N) is 1. The standard InChI is InChI=1S/C15H18N2S/c1-9(2)12-5-7-13(8-6-12)14-10(3)11(4)15(18)17-16-14/h5-9H,1-4H3,(H,17,18). The molecule has 0 amide bonds. The summed E-state index contributed by atoms with van der Waals surface area (Å²) in [4.78, 5) is 0. The summed E-state index contributed by atoms with van der Waals surface area (Å²) in [5, 5.41) is 7.26. The summed E-state index contributed by atoms with van der Waals surface area (Å²) in [5.41, 5.74) is 5.71. The van der Waals surface area contributed by atoms with Crippen molar-refractivity contribution in [1.29, 1.82) is 0 Å². The van der Waals surface area contributed by atoms with Crippen LogP contribution in [0.4, 0.5) is 0 Å². The second kappa shape index (κ2) is 5.02. The van der Waals surface area contributed by atoms with E-state index in [-0.39, 0.29) is 0 Å². The molecule has 0 saturated heterocycles. The molecule has 3 heteroatoms. The predicted molar refractivity (Wildman–Crippen MR) is 78.4 cm³/mol. The van der Waals surface area contributed by atoms with Gasteiger partial charge in [-0.15, -0.1) is 0 Å². The first-order chi connectivity index (χ1) is 8.50. The van der Waals surface area contributed by atoms with Crippen LogP contribution in [0.1, 0.15) is 36.5 Å². The Labute approximate surface area is 113 Å². The van der Waals surface area contributed by atoms with E-state index in [0.717, 1.165) is 27.0 Å². The summed E-state index contributed by atoms with van der Waals surface area (Å²) < 4.78 is 0.718. The smallest absolute Gasteiger partial charge is 0.122 e. The lowest BCUT2D eigenvalue weighted by Gasteiger charge is -2.09. The average molecular weight is 258 g/mol. The minimum atomic E-state index is 0.552. The zero-order valence-electron chi connectivity index (χ0n) is 11.2. The highest BCUT2D eigenvalue weighted by Crippen LogP contribution is 2.24. The first kappa shape index (κ1) is 13.0. The Morgan fingerprint density at radius 1 is 1.06 bits per heavy atom. The van der Waals surface area contributed by atoms with Crippen LogP contribution in [-0.2, 0) is 0 Å².